The molecule has 0 fully saturated rings. The van der Waals surface area contributed by atoms with Crippen molar-refractivity contribution in [2.75, 3.05) is 13.3 Å². The van der Waals surface area contributed by atoms with E-state index in [0.717, 1.165) is 0 Å². The van der Waals surface area contributed by atoms with Crippen molar-refractivity contribution in [2.45, 2.75) is 13.0 Å². The van der Waals surface area contributed by atoms with Gasteiger partial charge in [-0.3, -0.25) is 4.79 Å². The van der Waals surface area contributed by atoms with E-state index < -0.39 is 24.4 Å². The molecule has 0 bridgehead atoms. The third-order valence-corrected chi connectivity index (χ3v) is 2.34. The monoisotopic (exact) mass is 240 g/mol. The van der Waals surface area contributed by atoms with Gasteiger partial charge < -0.3 is 4.74 Å². The number of aryl methyl sites for hydroxylation is 1. The first-order valence-electron chi connectivity index (χ1n) is 5.18. The van der Waals surface area contributed by atoms with Crippen LogP contribution in [-0.4, -0.2) is 25.2 Å². The largest absolute Gasteiger partial charge is 0.363 e. The highest BCUT2D eigenvalue weighted by Crippen LogP contribution is 2.13. The molecular weight excluding hydrogens is 226 g/mol. The van der Waals surface area contributed by atoms with E-state index in [2.05, 4.69) is 6.58 Å². The molecule has 0 aliphatic rings. The van der Waals surface area contributed by atoms with Crippen molar-refractivity contribution in [3.05, 3.63) is 47.8 Å². The molecule has 0 N–H and O–H groups in total. The Morgan fingerprint density at radius 3 is 2.88 bits per heavy atom. The van der Waals surface area contributed by atoms with Gasteiger partial charge in [-0.05, 0) is 18.6 Å². The van der Waals surface area contributed by atoms with Crippen molar-refractivity contribution in [1.82, 2.24) is 0 Å². The lowest BCUT2D eigenvalue weighted by Crippen LogP contribution is -2.19. The Morgan fingerprint density at radius 1 is 1.59 bits per heavy atom. The van der Waals surface area contributed by atoms with Crippen molar-refractivity contribution >= 4 is 5.78 Å². The molecule has 4 heteroatoms. The van der Waals surface area contributed by atoms with Gasteiger partial charge in [-0.25, -0.2) is 8.78 Å². The topological polar surface area (TPSA) is 26.3 Å². The highest BCUT2D eigenvalue weighted by atomic mass is 19.1. The molecular formula is C13H14F2O2. The Kier molecular flexibility index (Phi) is 4.97. The average molecular weight is 240 g/mol. The zero-order valence-corrected chi connectivity index (χ0v) is 9.58. The van der Waals surface area contributed by atoms with E-state index in [4.69, 9.17) is 4.74 Å². The molecule has 0 amide bonds. The Balaban J connectivity index is 2.70. The summed E-state index contributed by atoms with van der Waals surface area (Å²) in [6, 6.07) is 4.54. The summed E-state index contributed by atoms with van der Waals surface area (Å²) in [6.07, 6.45) is 0.437. The molecule has 2 nitrogen and oxygen atoms in total. The van der Waals surface area contributed by atoms with Gasteiger partial charge in [0.25, 0.3) is 0 Å². The number of carbonyl (C=O) groups excluding carboxylic acids is 1. The first-order chi connectivity index (χ1) is 8.10. The lowest BCUT2D eigenvalue weighted by molar-refractivity contribution is 0.0534. The Hall–Kier alpha value is -1.55. The van der Waals surface area contributed by atoms with E-state index in [1.807, 2.05) is 0 Å². The highest BCUT2D eigenvalue weighted by molar-refractivity contribution is 5.97. The number of rotatable bonds is 6. The van der Waals surface area contributed by atoms with Crippen LogP contribution in [0.25, 0.3) is 0 Å². The van der Waals surface area contributed by atoms with Crippen LogP contribution in [0, 0.1) is 12.7 Å². The van der Waals surface area contributed by atoms with Crippen molar-refractivity contribution in [1.29, 1.82) is 0 Å². The maximum atomic E-state index is 13.6. The maximum absolute atomic E-state index is 13.6. The summed E-state index contributed by atoms with van der Waals surface area (Å²) in [5.74, 6) is -1.07. The summed E-state index contributed by atoms with van der Waals surface area (Å²) in [7, 11) is 0. The molecule has 0 heterocycles. The first kappa shape index (κ1) is 13.5. The molecule has 1 aromatic carbocycles. The normalized spacial score (nSPS) is 12.2. The van der Waals surface area contributed by atoms with Crippen LogP contribution in [0.15, 0.2) is 30.9 Å². The van der Waals surface area contributed by atoms with Crippen LogP contribution in [0.3, 0.4) is 0 Å². The molecule has 1 aromatic rings. The predicted molar refractivity (Wildman–Crippen MR) is 61.4 cm³/mol. The molecule has 17 heavy (non-hydrogen) atoms. The third kappa shape index (κ3) is 3.46. The molecule has 0 spiro atoms. The summed E-state index contributed by atoms with van der Waals surface area (Å²) in [5.41, 5.74) is 0.355. The quantitative estimate of drug-likeness (QED) is 0.564. The van der Waals surface area contributed by atoms with Gasteiger partial charge in [0.05, 0.1) is 5.56 Å². The third-order valence-electron chi connectivity index (χ3n) is 2.34. The average Bonchev–Trinajstić information content (AvgIpc) is 2.33. The number of halogens is 2. The van der Waals surface area contributed by atoms with Crippen LogP contribution in [0.5, 0.6) is 0 Å². The van der Waals surface area contributed by atoms with E-state index >= 15 is 0 Å². The molecule has 1 rings (SSSR count). The van der Waals surface area contributed by atoms with Crippen molar-refractivity contribution in [2.24, 2.45) is 0 Å². The molecule has 0 aromatic heterocycles. The van der Waals surface area contributed by atoms with E-state index in [9.17, 15) is 13.6 Å². The molecule has 0 saturated heterocycles. The zero-order valence-electron chi connectivity index (χ0n) is 9.58. The number of hydrogen-bond donors (Lipinski definition) is 0. The van der Waals surface area contributed by atoms with E-state index in [1.54, 1.807) is 19.1 Å². The van der Waals surface area contributed by atoms with Gasteiger partial charge in [-0.2, -0.15) is 0 Å². The molecule has 0 radical (unpaired) electrons. The molecule has 0 aliphatic carbocycles. The Bertz CT molecular complexity index is 416. The number of hydrogen-bond acceptors (Lipinski definition) is 2. The van der Waals surface area contributed by atoms with Crippen LogP contribution in [0.4, 0.5) is 8.78 Å². The highest BCUT2D eigenvalue weighted by Gasteiger charge is 2.14. The van der Waals surface area contributed by atoms with Crippen LogP contribution >= 0.6 is 0 Å². The molecule has 0 saturated carbocycles. The summed E-state index contributed by atoms with van der Waals surface area (Å²) in [5, 5.41) is 0. The zero-order chi connectivity index (χ0) is 12.8. The molecule has 1 atom stereocenters. The fraction of sp³-hybridized carbons (Fsp3) is 0.308. The van der Waals surface area contributed by atoms with Gasteiger partial charge in [-0.15, -0.1) is 6.58 Å². The summed E-state index contributed by atoms with van der Waals surface area (Å²) in [6.45, 7) is 3.82. The number of benzene rings is 1. The van der Waals surface area contributed by atoms with E-state index in [1.165, 1.54) is 12.1 Å². The minimum absolute atomic E-state index is 0.0355. The Morgan fingerprint density at radius 2 is 2.29 bits per heavy atom. The molecule has 0 aliphatic heterocycles. The second-order valence-electron chi connectivity index (χ2n) is 3.60. The van der Waals surface area contributed by atoms with Gasteiger partial charge >= 0.3 is 0 Å². The van der Waals surface area contributed by atoms with Gasteiger partial charge in [-0.1, -0.05) is 18.2 Å². The van der Waals surface area contributed by atoms with Crippen LogP contribution in [-0.2, 0) is 4.74 Å². The number of carbonyl (C=O) groups is 1. The lowest BCUT2D eigenvalue weighted by Gasteiger charge is -2.10. The lowest BCUT2D eigenvalue weighted by atomic mass is 10.1. The smallest absolute Gasteiger partial charge is 0.191 e. The van der Waals surface area contributed by atoms with Gasteiger partial charge in [0, 0.05) is 0 Å². The van der Waals surface area contributed by atoms with E-state index in [0.29, 0.717) is 5.56 Å². The number of Topliss-reactive ketones (excluding diaryl/α,β-unsaturated/α-hetero) is 1. The van der Waals surface area contributed by atoms with E-state index in [-0.39, 0.29) is 12.2 Å². The summed E-state index contributed by atoms with van der Waals surface area (Å²) in [4.78, 5) is 11.6. The molecule has 0 unspecified atom stereocenters. The standard InChI is InChI=1S/C13H14F2O2/c1-3-10(7-14)17-8-12(16)11-6-4-5-9(2)13(11)15/h3-6,10H,1,7-8H2,2H3/t10-/m0/s1. The van der Waals surface area contributed by atoms with Crippen LogP contribution in [0.1, 0.15) is 15.9 Å². The second-order valence-corrected chi connectivity index (χ2v) is 3.60. The first-order valence-corrected chi connectivity index (χ1v) is 5.18. The van der Waals surface area contributed by atoms with Crippen LogP contribution in [0.2, 0.25) is 0 Å². The summed E-state index contributed by atoms with van der Waals surface area (Å²) < 4.78 is 30.8. The van der Waals surface area contributed by atoms with Gasteiger partial charge in [0.1, 0.15) is 25.2 Å². The van der Waals surface area contributed by atoms with Gasteiger partial charge in [0.15, 0.2) is 5.78 Å². The number of ketones is 1. The minimum Gasteiger partial charge on any atom is -0.363 e. The van der Waals surface area contributed by atoms with Gasteiger partial charge in [0.2, 0.25) is 0 Å². The minimum atomic E-state index is -0.827. The van der Waals surface area contributed by atoms with Crippen LogP contribution < -0.4 is 0 Å². The molecule has 92 valence electrons. The van der Waals surface area contributed by atoms with Crippen molar-refractivity contribution < 1.29 is 18.3 Å². The SMILES string of the molecule is C=C[C@@H](CF)OCC(=O)c1cccc(C)c1F. The number of ether oxygens (including phenoxy) is 1. The predicted octanol–water partition coefficient (Wildman–Crippen LogP) is 2.86. The fourth-order valence-corrected chi connectivity index (χ4v) is 1.30. The summed E-state index contributed by atoms with van der Waals surface area (Å²) >= 11 is 0. The number of alkyl halides is 1. The maximum Gasteiger partial charge on any atom is 0.191 e. The Labute approximate surface area is 98.9 Å². The van der Waals surface area contributed by atoms with Crippen molar-refractivity contribution in [3.8, 4) is 0 Å². The fourth-order valence-electron chi connectivity index (χ4n) is 1.30. The van der Waals surface area contributed by atoms with Crippen molar-refractivity contribution in [3.63, 3.8) is 0 Å². The second kappa shape index (κ2) is 6.25.